The Bertz CT molecular complexity index is 528. The normalized spacial score (nSPS) is 12.2. The number of halogens is 1. The Morgan fingerprint density at radius 1 is 1.28 bits per heavy atom. The standard InChI is InChI=1S/C15H21ClN2/c1-11-14(15(2,3)10-17-9-8-16)12-6-4-5-7-13(12)18-11/h4-7,17-18H,8-10H2,1-3H3. The monoisotopic (exact) mass is 264 g/mol. The van der Waals surface area contributed by atoms with E-state index < -0.39 is 0 Å². The van der Waals surface area contributed by atoms with Gasteiger partial charge >= 0.3 is 0 Å². The summed E-state index contributed by atoms with van der Waals surface area (Å²) in [5.41, 5.74) is 3.97. The number of rotatable bonds is 5. The van der Waals surface area contributed by atoms with E-state index in [1.54, 1.807) is 0 Å². The van der Waals surface area contributed by atoms with E-state index in [0.717, 1.165) is 13.1 Å². The number of aromatic nitrogens is 1. The fraction of sp³-hybridized carbons (Fsp3) is 0.467. The molecule has 0 unspecified atom stereocenters. The molecule has 0 fully saturated rings. The number of hydrogen-bond donors (Lipinski definition) is 2. The van der Waals surface area contributed by atoms with Crippen LogP contribution < -0.4 is 5.32 Å². The molecule has 1 aromatic carbocycles. The van der Waals surface area contributed by atoms with E-state index in [0.29, 0.717) is 5.88 Å². The average Bonchev–Trinajstić information content (AvgIpc) is 2.65. The zero-order valence-electron chi connectivity index (χ0n) is 11.3. The van der Waals surface area contributed by atoms with Crippen LogP contribution in [-0.4, -0.2) is 24.0 Å². The summed E-state index contributed by atoms with van der Waals surface area (Å²) in [6.45, 7) is 8.49. The minimum atomic E-state index is 0.0930. The molecule has 0 bridgehead atoms. The van der Waals surface area contributed by atoms with Crippen molar-refractivity contribution in [2.24, 2.45) is 0 Å². The number of aryl methyl sites for hydroxylation is 1. The van der Waals surface area contributed by atoms with Gasteiger partial charge in [0.2, 0.25) is 0 Å². The molecule has 98 valence electrons. The molecular weight excluding hydrogens is 244 g/mol. The Morgan fingerprint density at radius 2 is 2.00 bits per heavy atom. The second kappa shape index (κ2) is 5.33. The predicted molar refractivity (Wildman–Crippen MR) is 79.7 cm³/mol. The van der Waals surface area contributed by atoms with Crippen molar-refractivity contribution in [1.29, 1.82) is 0 Å². The van der Waals surface area contributed by atoms with Gasteiger partial charge in [-0.25, -0.2) is 0 Å². The van der Waals surface area contributed by atoms with Gasteiger partial charge in [0.05, 0.1) is 0 Å². The predicted octanol–water partition coefficient (Wildman–Crippen LogP) is 3.58. The highest BCUT2D eigenvalue weighted by Crippen LogP contribution is 2.32. The molecule has 0 saturated carbocycles. The van der Waals surface area contributed by atoms with Crippen molar-refractivity contribution in [2.75, 3.05) is 19.0 Å². The quantitative estimate of drug-likeness (QED) is 0.627. The van der Waals surface area contributed by atoms with E-state index in [1.165, 1.54) is 22.2 Å². The van der Waals surface area contributed by atoms with Crippen LogP contribution >= 0.6 is 11.6 Å². The molecule has 18 heavy (non-hydrogen) atoms. The molecule has 0 atom stereocenters. The molecule has 2 aromatic rings. The third kappa shape index (κ3) is 2.55. The smallest absolute Gasteiger partial charge is 0.0459 e. The first-order valence-corrected chi connectivity index (χ1v) is 6.94. The van der Waals surface area contributed by atoms with Crippen molar-refractivity contribution in [2.45, 2.75) is 26.2 Å². The van der Waals surface area contributed by atoms with Crippen molar-refractivity contribution < 1.29 is 0 Å². The number of para-hydroxylation sites is 1. The maximum absolute atomic E-state index is 5.71. The number of alkyl halides is 1. The Balaban J connectivity index is 2.36. The fourth-order valence-corrected chi connectivity index (χ4v) is 2.84. The lowest BCUT2D eigenvalue weighted by molar-refractivity contribution is 0.479. The molecule has 2 nitrogen and oxygen atoms in total. The van der Waals surface area contributed by atoms with Crippen molar-refractivity contribution in [3.8, 4) is 0 Å². The van der Waals surface area contributed by atoms with Gasteiger partial charge in [0, 0.05) is 41.0 Å². The molecule has 0 aliphatic carbocycles. The summed E-state index contributed by atoms with van der Waals surface area (Å²) in [6.07, 6.45) is 0. The summed E-state index contributed by atoms with van der Waals surface area (Å²) in [5.74, 6) is 0.656. The molecular formula is C15H21ClN2. The van der Waals surface area contributed by atoms with Crippen molar-refractivity contribution >= 4 is 22.5 Å². The molecule has 1 heterocycles. The van der Waals surface area contributed by atoms with E-state index in [4.69, 9.17) is 11.6 Å². The summed E-state index contributed by atoms with van der Waals surface area (Å²) >= 11 is 5.71. The van der Waals surface area contributed by atoms with E-state index >= 15 is 0 Å². The minimum Gasteiger partial charge on any atom is -0.358 e. The molecule has 0 spiro atoms. The second-order valence-corrected chi connectivity index (χ2v) is 5.80. The molecule has 0 saturated heterocycles. The largest absolute Gasteiger partial charge is 0.358 e. The summed E-state index contributed by atoms with van der Waals surface area (Å²) in [5, 5.41) is 4.74. The Morgan fingerprint density at radius 3 is 2.72 bits per heavy atom. The van der Waals surface area contributed by atoms with E-state index in [-0.39, 0.29) is 5.41 Å². The lowest BCUT2D eigenvalue weighted by Gasteiger charge is -2.26. The van der Waals surface area contributed by atoms with Crippen molar-refractivity contribution in [1.82, 2.24) is 10.3 Å². The molecule has 1 aromatic heterocycles. The summed E-state index contributed by atoms with van der Waals surface area (Å²) < 4.78 is 0. The summed E-state index contributed by atoms with van der Waals surface area (Å²) in [4.78, 5) is 3.47. The number of aromatic amines is 1. The van der Waals surface area contributed by atoms with Crippen LogP contribution in [0.3, 0.4) is 0 Å². The van der Waals surface area contributed by atoms with Gasteiger partial charge in [-0.3, -0.25) is 0 Å². The van der Waals surface area contributed by atoms with Crippen LogP contribution in [0.4, 0.5) is 0 Å². The van der Waals surface area contributed by atoms with Crippen LogP contribution in [0.15, 0.2) is 24.3 Å². The Labute approximate surface area is 114 Å². The maximum atomic E-state index is 5.71. The summed E-state index contributed by atoms with van der Waals surface area (Å²) in [6, 6.07) is 8.49. The second-order valence-electron chi connectivity index (χ2n) is 5.42. The lowest BCUT2D eigenvalue weighted by Crippen LogP contribution is -2.34. The van der Waals surface area contributed by atoms with E-state index in [9.17, 15) is 0 Å². The summed E-state index contributed by atoms with van der Waals surface area (Å²) in [7, 11) is 0. The van der Waals surface area contributed by atoms with Crippen LogP contribution in [-0.2, 0) is 5.41 Å². The van der Waals surface area contributed by atoms with Gasteiger partial charge in [0.1, 0.15) is 0 Å². The first kappa shape index (κ1) is 13.4. The van der Waals surface area contributed by atoms with E-state index in [1.807, 2.05) is 0 Å². The van der Waals surface area contributed by atoms with Crippen LogP contribution in [0.1, 0.15) is 25.1 Å². The van der Waals surface area contributed by atoms with Gasteiger partial charge in [-0.15, -0.1) is 11.6 Å². The van der Waals surface area contributed by atoms with Gasteiger partial charge in [-0.05, 0) is 18.6 Å². The zero-order valence-corrected chi connectivity index (χ0v) is 12.1. The highest BCUT2D eigenvalue weighted by molar-refractivity contribution is 6.18. The SMILES string of the molecule is Cc1[nH]c2ccccc2c1C(C)(C)CNCCCl. The Hall–Kier alpha value is -0.990. The van der Waals surface area contributed by atoms with Gasteiger partial charge < -0.3 is 10.3 Å². The zero-order chi connectivity index (χ0) is 13.2. The molecule has 0 amide bonds. The highest BCUT2D eigenvalue weighted by Gasteiger charge is 2.25. The van der Waals surface area contributed by atoms with Gasteiger partial charge in [0.25, 0.3) is 0 Å². The van der Waals surface area contributed by atoms with Crippen molar-refractivity contribution in [3.05, 3.63) is 35.5 Å². The number of nitrogens with one attached hydrogen (secondary N) is 2. The number of H-pyrrole nitrogens is 1. The molecule has 0 aliphatic heterocycles. The van der Waals surface area contributed by atoms with Gasteiger partial charge in [-0.2, -0.15) is 0 Å². The third-order valence-corrected chi connectivity index (χ3v) is 3.60. The van der Waals surface area contributed by atoms with Crippen LogP contribution in [0.5, 0.6) is 0 Å². The topological polar surface area (TPSA) is 27.8 Å². The molecule has 2 rings (SSSR count). The maximum Gasteiger partial charge on any atom is 0.0459 e. The molecule has 0 radical (unpaired) electrons. The number of fused-ring (bicyclic) bond motifs is 1. The minimum absolute atomic E-state index is 0.0930. The lowest BCUT2D eigenvalue weighted by atomic mass is 9.82. The van der Waals surface area contributed by atoms with Crippen LogP contribution in [0.25, 0.3) is 10.9 Å². The molecule has 3 heteroatoms. The number of hydrogen-bond acceptors (Lipinski definition) is 1. The van der Waals surface area contributed by atoms with Gasteiger partial charge in [0.15, 0.2) is 0 Å². The highest BCUT2D eigenvalue weighted by atomic mass is 35.5. The number of benzene rings is 1. The fourth-order valence-electron chi connectivity index (χ4n) is 2.70. The average molecular weight is 265 g/mol. The molecule has 0 aliphatic rings. The van der Waals surface area contributed by atoms with E-state index in [2.05, 4.69) is 55.3 Å². The van der Waals surface area contributed by atoms with Gasteiger partial charge in [-0.1, -0.05) is 32.0 Å². The first-order valence-electron chi connectivity index (χ1n) is 6.41. The van der Waals surface area contributed by atoms with Crippen LogP contribution in [0.2, 0.25) is 0 Å². The van der Waals surface area contributed by atoms with Crippen LogP contribution in [0, 0.1) is 6.92 Å². The first-order chi connectivity index (χ1) is 8.56. The van der Waals surface area contributed by atoms with Crippen molar-refractivity contribution in [3.63, 3.8) is 0 Å². The molecule has 2 N–H and O–H groups in total. The third-order valence-electron chi connectivity index (χ3n) is 3.41. The Kier molecular flexibility index (Phi) is 3.98.